The lowest BCUT2D eigenvalue weighted by atomic mass is 9.97. The number of nitrogens with zero attached hydrogens (tertiary/aromatic N) is 5. The lowest BCUT2D eigenvalue weighted by molar-refractivity contribution is 0.350. The summed E-state index contributed by atoms with van der Waals surface area (Å²) in [5.41, 5.74) is 1.87. The maximum Gasteiger partial charge on any atom is 0.253 e. The average Bonchev–Trinajstić information content (AvgIpc) is 2.64. The summed E-state index contributed by atoms with van der Waals surface area (Å²) in [5.74, 6) is 1.43. The van der Waals surface area contributed by atoms with Crippen molar-refractivity contribution in [3.05, 3.63) is 59.4 Å². The Bertz CT molecular complexity index is 899. The van der Waals surface area contributed by atoms with Crippen molar-refractivity contribution in [3.63, 3.8) is 0 Å². The molecular weight excluding hydrogens is 302 g/mol. The number of benzene rings is 1. The minimum atomic E-state index is 0.0211. The predicted molar refractivity (Wildman–Crippen MR) is 93.0 cm³/mol. The minimum Gasteiger partial charge on any atom is -0.355 e. The van der Waals surface area contributed by atoms with E-state index in [9.17, 15) is 4.79 Å². The van der Waals surface area contributed by atoms with Crippen molar-refractivity contribution in [2.24, 2.45) is 5.92 Å². The van der Waals surface area contributed by atoms with Gasteiger partial charge in [-0.25, -0.2) is 9.97 Å². The summed E-state index contributed by atoms with van der Waals surface area (Å²) in [6, 6.07) is 9.44. The van der Waals surface area contributed by atoms with Gasteiger partial charge in [-0.05, 0) is 30.9 Å². The van der Waals surface area contributed by atoms with Crippen molar-refractivity contribution in [2.45, 2.75) is 19.4 Å². The molecule has 1 aromatic carbocycles. The third kappa shape index (κ3) is 2.99. The molecule has 0 bridgehead atoms. The largest absolute Gasteiger partial charge is 0.355 e. The molecule has 3 heterocycles. The normalized spacial score (nSPS) is 15.8. The SMILES string of the molecule is O=c1ccncn1CC1CCN(c2cnc3ccccc3n2)CC1. The predicted octanol–water partition coefficient (Wildman–Crippen LogP) is 2.10. The molecule has 0 N–H and O–H groups in total. The molecule has 6 heteroatoms. The van der Waals surface area contributed by atoms with Crippen LogP contribution in [-0.2, 0) is 6.54 Å². The summed E-state index contributed by atoms with van der Waals surface area (Å²) in [6.07, 6.45) is 7.10. The van der Waals surface area contributed by atoms with Gasteiger partial charge in [-0.3, -0.25) is 14.3 Å². The molecule has 1 aliphatic rings. The van der Waals surface area contributed by atoms with Gasteiger partial charge in [0.2, 0.25) is 0 Å². The van der Waals surface area contributed by atoms with Crippen molar-refractivity contribution in [2.75, 3.05) is 18.0 Å². The summed E-state index contributed by atoms with van der Waals surface area (Å²) < 4.78 is 1.70. The average molecular weight is 321 g/mol. The smallest absolute Gasteiger partial charge is 0.253 e. The number of hydrogen-bond acceptors (Lipinski definition) is 5. The molecule has 0 radical (unpaired) electrons. The van der Waals surface area contributed by atoms with Gasteiger partial charge >= 0.3 is 0 Å². The molecule has 1 saturated heterocycles. The van der Waals surface area contributed by atoms with Gasteiger partial charge < -0.3 is 4.90 Å². The Labute approximate surface area is 139 Å². The highest BCUT2D eigenvalue weighted by Crippen LogP contribution is 2.23. The molecule has 3 aromatic rings. The second-order valence-corrected chi connectivity index (χ2v) is 6.22. The third-order valence-corrected chi connectivity index (χ3v) is 4.62. The van der Waals surface area contributed by atoms with Crippen molar-refractivity contribution in [1.82, 2.24) is 19.5 Å². The number of hydrogen-bond donors (Lipinski definition) is 0. The fourth-order valence-electron chi connectivity index (χ4n) is 3.24. The highest BCUT2D eigenvalue weighted by Gasteiger charge is 2.21. The lowest BCUT2D eigenvalue weighted by Gasteiger charge is -2.32. The standard InChI is InChI=1S/C18H19N5O/c24-18-5-8-19-13-23(18)12-14-6-9-22(10-7-14)17-11-20-15-3-1-2-4-16(15)21-17/h1-5,8,11,13-14H,6-7,9-10,12H2. The molecule has 0 amide bonds. The van der Waals surface area contributed by atoms with Gasteiger partial charge in [0.15, 0.2) is 0 Å². The van der Waals surface area contributed by atoms with Crippen LogP contribution in [0.25, 0.3) is 11.0 Å². The second-order valence-electron chi connectivity index (χ2n) is 6.22. The Morgan fingerprint density at radius 3 is 2.67 bits per heavy atom. The van der Waals surface area contributed by atoms with Gasteiger partial charge in [-0.1, -0.05) is 12.1 Å². The highest BCUT2D eigenvalue weighted by atomic mass is 16.1. The fraction of sp³-hybridized carbons (Fsp3) is 0.333. The zero-order valence-corrected chi connectivity index (χ0v) is 13.4. The Hall–Kier alpha value is -2.76. The Morgan fingerprint density at radius 2 is 1.88 bits per heavy atom. The highest BCUT2D eigenvalue weighted by molar-refractivity contribution is 5.75. The number of aromatic nitrogens is 4. The monoisotopic (exact) mass is 321 g/mol. The van der Waals surface area contributed by atoms with E-state index < -0.39 is 0 Å². The van der Waals surface area contributed by atoms with Gasteiger partial charge in [0.25, 0.3) is 5.56 Å². The number of piperidine rings is 1. The molecule has 2 aromatic heterocycles. The molecule has 0 saturated carbocycles. The van der Waals surface area contributed by atoms with Crippen molar-refractivity contribution in [3.8, 4) is 0 Å². The van der Waals surface area contributed by atoms with Gasteiger partial charge in [0, 0.05) is 31.9 Å². The number of para-hydroxylation sites is 2. The van der Waals surface area contributed by atoms with Gasteiger partial charge in [0.1, 0.15) is 5.82 Å². The van der Waals surface area contributed by atoms with Crippen LogP contribution in [0, 0.1) is 5.92 Å². The first-order valence-corrected chi connectivity index (χ1v) is 8.27. The molecular formula is C18H19N5O. The van der Waals surface area contributed by atoms with E-state index in [4.69, 9.17) is 4.98 Å². The number of anilines is 1. The first-order valence-electron chi connectivity index (χ1n) is 8.27. The molecule has 1 fully saturated rings. The molecule has 122 valence electrons. The summed E-state index contributed by atoms with van der Waals surface area (Å²) in [7, 11) is 0. The maximum absolute atomic E-state index is 11.8. The van der Waals surface area contributed by atoms with E-state index >= 15 is 0 Å². The first-order chi connectivity index (χ1) is 11.8. The Morgan fingerprint density at radius 1 is 1.08 bits per heavy atom. The van der Waals surface area contributed by atoms with Gasteiger partial charge in [-0.2, -0.15) is 0 Å². The van der Waals surface area contributed by atoms with Crippen LogP contribution >= 0.6 is 0 Å². The van der Waals surface area contributed by atoms with Crippen molar-refractivity contribution < 1.29 is 0 Å². The van der Waals surface area contributed by atoms with Crippen LogP contribution in [-0.4, -0.2) is 32.6 Å². The van der Waals surface area contributed by atoms with E-state index in [1.54, 1.807) is 17.1 Å². The maximum atomic E-state index is 11.8. The van der Waals surface area contributed by atoms with E-state index in [0.717, 1.165) is 49.3 Å². The number of fused-ring (bicyclic) bond motifs is 1. The van der Waals surface area contributed by atoms with Crippen molar-refractivity contribution in [1.29, 1.82) is 0 Å². The van der Waals surface area contributed by atoms with Crippen LogP contribution in [0.1, 0.15) is 12.8 Å². The summed E-state index contributed by atoms with van der Waals surface area (Å²) in [5, 5.41) is 0. The molecule has 0 atom stereocenters. The van der Waals surface area contributed by atoms with Crippen LogP contribution < -0.4 is 10.5 Å². The first kappa shape index (κ1) is 14.8. The van der Waals surface area contributed by atoms with Crippen LogP contribution in [0.3, 0.4) is 0 Å². The topological polar surface area (TPSA) is 63.9 Å². The molecule has 0 unspecified atom stereocenters. The molecule has 24 heavy (non-hydrogen) atoms. The zero-order valence-electron chi connectivity index (χ0n) is 13.4. The van der Waals surface area contributed by atoms with Gasteiger partial charge in [-0.15, -0.1) is 0 Å². The van der Waals surface area contributed by atoms with E-state index in [1.807, 2.05) is 30.5 Å². The van der Waals surface area contributed by atoms with Gasteiger partial charge in [0.05, 0.1) is 23.6 Å². The molecule has 6 nitrogen and oxygen atoms in total. The fourth-order valence-corrected chi connectivity index (χ4v) is 3.24. The molecule has 1 aliphatic heterocycles. The molecule has 0 aliphatic carbocycles. The third-order valence-electron chi connectivity index (χ3n) is 4.62. The molecule has 4 rings (SSSR count). The summed E-state index contributed by atoms with van der Waals surface area (Å²) >= 11 is 0. The summed E-state index contributed by atoms with van der Waals surface area (Å²) in [4.78, 5) is 27.3. The Balaban J connectivity index is 1.43. The van der Waals surface area contributed by atoms with Crippen LogP contribution in [0.2, 0.25) is 0 Å². The summed E-state index contributed by atoms with van der Waals surface area (Å²) in [6.45, 7) is 2.61. The molecule has 0 spiro atoms. The van der Waals surface area contributed by atoms with E-state index in [-0.39, 0.29) is 5.56 Å². The zero-order chi connectivity index (χ0) is 16.4. The van der Waals surface area contributed by atoms with E-state index in [2.05, 4.69) is 14.9 Å². The Kier molecular flexibility index (Phi) is 3.94. The number of rotatable bonds is 3. The van der Waals surface area contributed by atoms with E-state index in [0.29, 0.717) is 5.92 Å². The van der Waals surface area contributed by atoms with E-state index in [1.165, 1.54) is 6.07 Å². The van der Waals surface area contributed by atoms with Crippen LogP contribution in [0.4, 0.5) is 5.82 Å². The minimum absolute atomic E-state index is 0.0211. The second kappa shape index (κ2) is 6.39. The van der Waals surface area contributed by atoms with Crippen LogP contribution in [0.5, 0.6) is 0 Å². The van der Waals surface area contributed by atoms with Crippen molar-refractivity contribution >= 4 is 16.9 Å². The quantitative estimate of drug-likeness (QED) is 0.739. The van der Waals surface area contributed by atoms with Crippen LogP contribution in [0.15, 0.2) is 53.8 Å². The lowest BCUT2D eigenvalue weighted by Crippen LogP contribution is -2.36.